The van der Waals surface area contributed by atoms with Crippen LogP contribution in [0.1, 0.15) is 24.2 Å². The minimum Gasteiger partial charge on any atom is -0.319 e. The number of para-hydroxylation sites is 1. The number of fused-ring (bicyclic) bond motifs is 1. The highest BCUT2D eigenvalue weighted by Gasteiger charge is 2.42. The highest BCUT2D eigenvalue weighted by Crippen LogP contribution is 2.40. The molecule has 4 heteroatoms. The molecule has 0 atom stereocenters. The van der Waals surface area contributed by atoms with E-state index in [4.69, 9.17) is 5.73 Å². The number of hydrogen-bond acceptors (Lipinski definition) is 3. The van der Waals surface area contributed by atoms with E-state index in [-0.39, 0.29) is 5.56 Å². The first-order chi connectivity index (χ1) is 7.60. The van der Waals surface area contributed by atoms with Crippen molar-refractivity contribution in [1.29, 1.82) is 0 Å². The summed E-state index contributed by atoms with van der Waals surface area (Å²) >= 11 is 0. The van der Waals surface area contributed by atoms with Crippen LogP contribution in [0.15, 0.2) is 23.0 Å². The molecule has 82 valence electrons. The molecule has 1 heterocycles. The molecule has 0 amide bonds. The maximum atomic E-state index is 11.9. The molecule has 0 radical (unpaired) electrons. The maximum absolute atomic E-state index is 11.9. The molecule has 1 aliphatic carbocycles. The predicted octanol–water partition coefficient (Wildman–Crippen LogP) is 1.18. The molecule has 3 rings (SSSR count). The van der Waals surface area contributed by atoms with Crippen molar-refractivity contribution in [3.63, 3.8) is 0 Å². The number of rotatable bonds is 1. The van der Waals surface area contributed by atoms with Gasteiger partial charge in [0.05, 0.1) is 16.4 Å². The summed E-state index contributed by atoms with van der Waals surface area (Å²) in [5, 5.41) is 0.632. The van der Waals surface area contributed by atoms with Gasteiger partial charge in [-0.2, -0.15) is 0 Å². The third-order valence-electron chi connectivity index (χ3n) is 3.20. The topological polar surface area (TPSA) is 71.8 Å². The zero-order valence-corrected chi connectivity index (χ0v) is 9.08. The second-order valence-electron chi connectivity index (χ2n) is 4.54. The smallest absolute Gasteiger partial charge is 0.258 e. The largest absolute Gasteiger partial charge is 0.319 e. The van der Waals surface area contributed by atoms with Crippen LogP contribution >= 0.6 is 0 Å². The molecule has 0 aliphatic heterocycles. The Labute approximate surface area is 92.5 Å². The van der Waals surface area contributed by atoms with E-state index in [0.29, 0.717) is 11.2 Å². The van der Waals surface area contributed by atoms with Crippen molar-refractivity contribution in [2.75, 3.05) is 0 Å². The average Bonchev–Trinajstić information content (AvgIpc) is 2.99. The van der Waals surface area contributed by atoms with Gasteiger partial charge in [-0.15, -0.1) is 0 Å². The highest BCUT2D eigenvalue weighted by molar-refractivity contribution is 5.80. The zero-order valence-electron chi connectivity index (χ0n) is 9.08. The fraction of sp³-hybridized carbons (Fsp3) is 0.333. The minimum atomic E-state index is -0.393. The average molecular weight is 215 g/mol. The summed E-state index contributed by atoms with van der Waals surface area (Å²) < 4.78 is 0. The van der Waals surface area contributed by atoms with Gasteiger partial charge in [-0.05, 0) is 31.4 Å². The molecule has 1 saturated carbocycles. The number of H-pyrrole nitrogens is 1. The SMILES string of the molecule is Cc1cccc2c(=O)[nH]c(C3(N)CC3)nc12. The van der Waals surface area contributed by atoms with Crippen LogP contribution in [0.2, 0.25) is 0 Å². The molecule has 2 aromatic rings. The first-order valence-corrected chi connectivity index (χ1v) is 5.39. The van der Waals surface area contributed by atoms with Crippen LogP contribution in [-0.2, 0) is 5.54 Å². The van der Waals surface area contributed by atoms with Crippen LogP contribution in [0.3, 0.4) is 0 Å². The number of benzene rings is 1. The highest BCUT2D eigenvalue weighted by atomic mass is 16.1. The van der Waals surface area contributed by atoms with Crippen molar-refractivity contribution < 1.29 is 0 Å². The van der Waals surface area contributed by atoms with Gasteiger partial charge in [0.1, 0.15) is 5.82 Å². The Kier molecular flexibility index (Phi) is 1.74. The van der Waals surface area contributed by atoms with Gasteiger partial charge in [-0.25, -0.2) is 4.98 Å². The fourth-order valence-corrected chi connectivity index (χ4v) is 1.91. The molecule has 1 aromatic heterocycles. The van der Waals surface area contributed by atoms with Crippen molar-refractivity contribution in [1.82, 2.24) is 9.97 Å². The van der Waals surface area contributed by atoms with E-state index in [1.807, 2.05) is 19.1 Å². The molecule has 0 spiro atoms. The molecular weight excluding hydrogens is 202 g/mol. The van der Waals surface area contributed by atoms with Gasteiger partial charge in [-0.3, -0.25) is 4.79 Å². The van der Waals surface area contributed by atoms with Gasteiger partial charge < -0.3 is 10.7 Å². The van der Waals surface area contributed by atoms with Crippen molar-refractivity contribution in [3.05, 3.63) is 39.9 Å². The van der Waals surface area contributed by atoms with Crippen molar-refractivity contribution in [3.8, 4) is 0 Å². The van der Waals surface area contributed by atoms with E-state index in [0.717, 1.165) is 23.9 Å². The van der Waals surface area contributed by atoms with Gasteiger partial charge in [-0.1, -0.05) is 12.1 Å². The molecule has 0 unspecified atom stereocenters. The van der Waals surface area contributed by atoms with E-state index in [2.05, 4.69) is 9.97 Å². The summed E-state index contributed by atoms with van der Waals surface area (Å²) in [6.45, 7) is 1.95. The van der Waals surface area contributed by atoms with Gasteiger partial charge >= 0.3 is 0 Å². The fourth-order valence-electron chi connectivity index (χ4n) is 1.91. The van der Waals surface area contributed by atoms with Crippen LogP contribution in [0.5, 0.6) is 0 Å². The van der Waals surface area contributed by atoms with Crippen LogP contribution in [0.4, 0.5) is 0 Å². The Balaban J connectivity index is 2.37. The summed E-state index contributed by atoms with van der Waals surface area (Å²) in [7, 11) is 0. The maximum Gasteiger partial charge on any atom is 0.258 e. The lowest BCUT2D eigenvalue weighted by Gasteiger charge is -2.09. The second-order valence-corrected chi connectivity index (χ2v) is 4.54. The Bertz CT molecular complexity index is 626. The third-order valence-corrected chi connectivity index (χ3v) is 3.20. The molecule has 0 saturated heterocycles. The first kappa shape index (κ1) is 9.54. The van der Waals surface area contributed by atoms with E-state index in [1.54, 1.807) is 6.07 Å². The van der Waals surface area contributed by atoms with Crippen LogP contribution in [0, 0.1) is 6.92 Å². The number of hydrogen-bond donors (Lipinski definition) is 2. The van der Waals surface area contributed by atoms with Crippen LogP contribution in [-0.4, -0.2) is 9.97 Å². The van der Waals surface area contributed by atoms with E-state index in [9.17, 15) is 4.79 Å². The van der Waals surface area contributed by atoms with Gasteiger partial charge in [0.2, 0.25) is 0 Å². The molecule has 0 bridgehead atoms. The lowest BCUT2D eigenvalue weighted by molar-refractivity contribution is 0.673. The monoisotopic (exact) mass is 215 g/mol. The molecular formula is C12H13N3O. The Morgan fingerprint density at radius 3 is 2.88 bits per heavy atom. The van der Waals surface area contributed by atoms with Gasteiger partial charge in [0.25, 0.3) is 5.56 Å². The number of aryl methyl sites for hydroxylation is 1. The number of nitrogens with zero attached hydrogens (tertiary/aromatic N) is 1. The van der Waals surface area contributed by atoms with Crippen LogP contribution in [0.25, 0.3) is 10.9 Å². The van der Waals surface area contributed by atoms with E-state index in [1.165, 1.54) is 0 Å². The summed E-state index contributed by atoms with van der Waals surface area (Å²) in [6, 6.07) is 5.60. The first-order valence-electron chi connectivity index (χ1n) is 5.39. The lowest BCUT2D eigenvalue weighted by Crippen LogP contribution is -2.26. The summed E-state index contributed by atoms with van der Waals surface area (Å²) in [5.74, 6) is 0.624. The Hall–Kier alpha value is -1.68. The third kappa shape index (κ3) is 1.27. The molecule has 1 fully saturated rings. The number of nitrogens with one attached hydrogen (secondary N) is 1. The van der Waals surface area contributed by atoms with Crippen LogP contribution < -0.4 is 11.3 Å². The quantitative estimate of drug-likeness (QED) is 0.750. The molecule has 1 aromatic carbocycles. The standard InChI is InChI=1S/C12H13N3O/c1-7-3-2-4-8-9(7)14-11(15-10(8)16)12(13)5-6-12/h2-4H,5-6,13H2,1H3,(H,14,15,16). The lowest BCUT2D eigenvalue weighted by atomic mass is 10.1. The Morgan fingerprint density at radius 2 is 2.19 bits per heavy atom. The summed E-state index contributed by atoms with van der Waals surface area (Å²) in [4.78, 5) is 19.2. The van der Waals surface area contributed by atoms with Crippen molar-refractivity contribution >= 4 is 10.9 Å². The van der Waals surface area contributed by atoms with E-state index < -0.39 is 5.54 Å². The second kappa shape index (κ2) is 2.92. The van der Waals surface area contributed by atoms with Crippen molar-refractivity contribution in [2.45, 2.75) is 25.3 Å². The van der Waals surface area contributed by atoms with Crippen molar-refractivity contribution in [2.24, 2.45) is 5.73 Å². The normalized spacial score (nSPS) is 17.6. The number of aromatic amines is 1. The Morgan fingerprint density at radius 1 is 1.44 bits per heavy atom. The predicted molar refractivity (Wildman–Crippen MR) is 62.2 cm³/mol. The molecule has 4 nitrogen and oxygen atoms in total. The van der Waals surface area contributed by atoms with E-state index >= 15 is 0 Å². The molecule has 1 aliphatic rings. The number of aromatic nitrogens is 2. The molecule has 3 N–H and O–H groups in total. The van der Waals surface area contributed by atoms with Gasteiger partial charge in [0, 0.05) is 0 Å². The summed E-state index contributed by atoms with van der Waals surface area (Å²) in [5.41, 5.74) is 7.33. The van der Waals surface area contributed by atoms with Gasteiger partial charge in [0.15, 0.2) is 0 Å². The minimum absolute atomic E-state index is 0.0968. The zero-order chi connectivity index (χ0) is 11.3. The molecule has 16 heavy (non-hydrogen) atoms. The summed E-state index contributed by atoms with van der Waals surface area (Å²) in [6.07, 6.45) is 1.79. The number of nitrogens with two attached hydrogens (primary N) is 1.